The van der Waals surface area contributed by atoms with Crippen LogP contribution in [0.4, 0.5) is 0 Å². The van der Waals surface area contributed by atoms with E-state index in [1.807, 2.05) is 36.4 Å². The van der Waals surface area contributed by atoms with Crippen molar-refractivity contribution in [2.45, 2.75) is 31.3 Å². The molecule has 2 aliphatic heterocycles. The zero-order valence-electron chi connectivity index (χ0n) is 18.5. The van der Waals surface area contributed by atoms with Crippen LogP contribution in [-0.2, 0) is 11.8 Å². The largest absolute Gasteiger partial charge is 0.497 e. The number of likely N-dealkylation sites (tertiary alicyclic amines) is 1. The maximum absolute atomic E-state index is 13.5. The Morgan fingerprint density at radius 1 is 1.16 bits per heavy atom. The number of furan rings is 1. The predicted octanol–water partition coefficient (Wildman–Crippen LogP) is 4.14. The summed E-state index contributed by atoms with van der Waals surface area (Å²) >= 11 is 0. The average molecular weight is 433 g/mol. The van der Waals surface area contributed by atoms with Gasteiger partial charge in [-0.25, -0.2) is 5.01 Å². The highest BCUT2D eigenvalue weighted by molar-refractivity contribution is 6.03. The van der Waals surface area contributed by atoms with Crippen molar-refractivity contribution < 1.29 is 13.9 Å². The van der Waals surface area contributed by atoms with Gasteiger partial charge in [-0.2, -0.15) is 5.10 Å². The van der Waals surface area contributed by atoms with E-state index in [9.17, 15) is 4.79 Å². The highest BCUT2D eigenvalue weighted by Crippen LogP contribution is 2.35. The first kappa shape index (κ1) is 20.6. The number of ether oxygens (including phenoxy) is 1. The molecule has 0 aliphatic carbocycles. The molecular weight excluding hydrogens is 404 g/mol. The number of hydrazone groups is 1. The van der Waals surface area contributed by atoms with Crippen molar-refractivity contribution in [3.63, 3.8) is 0 Å². The summed E-state index contributed by atoms with van der Waals surface area (Å²) in [6.07, 6.45) is 6.48. The minimum atomic E-state index is -0.231. The van der Waals surface area contributed by atoms with E-state index >= 15 is 0 Å². The second-order valence-corrected chi connectivity index (χ2v) is 8.42. The summed E-state index contributed by atoms with van der Waals surface area (Å²) in [4.78, 5) is 15.8. The smallest absolute Gasteiger partial charge is 0.257 e. The van der Waals surface area contributed by atoms with E-state index in [1.165, 1.54) is 5.69 Å². The van der Waals surface area contributed by atoms with Crippen LogP contribution in [0.3, 0.4) is 0 Å². The van der Waals surface area contributed by atoms with Crippen molar-refractivity contribution in [1.82, 2.24) is 14.5 Å². The summed E-state index contributed by atoms with van der Waals surface area (Å²) in [6.45, 7) is 1.25. The van der Waals surface area contributed by atoms with Gasteiger partial charge < -0.3 is 13.7 Å². The van der Waals surface area contributed by atoms with Gasteiger partial charge in [-0.15, -0.1) is 0 Å². The lowest BCUT2D eigenvalue weighted by Crippen LogP contribution is -2.38. The second kappa shape index (κ2) is 8.67. The molecule has 1 fully saturated rings. The van der Waals surface area contributed by atoms with Crippen LogP contribution in [0.1, 0.15) is 48.4 Å². The fourth-order valence-corrected chi connectivity index (χ4v) is 4.82. The van der Waals surface area contributed by atoms with Crippen LogP contribution in [0.5, 0.6) is 5.75 Å². The highest BCUT2D eigenvalue weighted by Gasteiger charge is 2.37. The van der Waals surface area contributed by atoms with Crippen LogP contribution >= 0.6 is 0 Å². The van der Waals surface area contributed by atoms with E-state index in [0.29, 0.717) is 13.0 Å². The maximum atomic E-state index is 13.5. The van der Waals surface area contributed by atoms with E-state index in [-0.39, 0.29) is 18.0 Å². The number of hydrogen-bond donors (Lipinski definition) is 0. The predicted molar refractivity (Wildman–Crippen MR) is 121 cm³/mol. The number of hydrogen-bond acceptors (Lipinski definition) is 5. The minimum Gasteiger partial charge on any atom is -0.497 e. The number of aryl methyl sites for hydroxylation is 1. The molecule has 32 heavy (non-hydrogen) atoms. The van der Waals surface area contributed by atoms with Gasteiger partial charge in [0.2, 0.25) is 0 Å². The Kier molecular flexibility index (Phi) is 5.57. The summed E-state index contributed by atoms with van der Waals surface area (Å²) < 4.78 is 13.1. The minimum absolute atomic E-state index is 0.00368. The average Bonchev–Trinajstić information content (AvgIpc) is 3.60. The molecule has 0 spiro atoms. The van der Waals surface area contributed by atoms with Crippen molar-refractivity contribution in [2.75, 3.05) is 20.2 Å². The summed E-state index contributed by atoms with van der Waals surface area (Å²) in [7, 11) is 3.71. The first-order chi connectivity index (χ1) is 15.6. The number of methoxy groups -OCH3 is 1. The van der Waals surface area contributed by atoms with E-state index in [1.54, 1.807) is 18.4 Å². The lowest BCUT2D eigenvalue weighted by atomic mass is 10.0. The molecule has 5 rings (SSSR count). The Morgan fingerprint density at radius 2 is 2.00 bits per heavy atom. The molecule has 2 aromatic heterocycles. The van der Waals surface area contributed by atoms with Gasteiger partial charge in [0, 0.05) is 25.4 Å². The molecule has 166 valence electrons. The fraction of sp³-hybridized carbons (Fsp3) is 0.360. The molecule has 1 amide bonds. The Balaban J connectivity index is 1.39. The van der Waals surface area contributed by atoms with E-state index < -0.39 is 0 Å². The third-order valence-corrected chi connectivity index (χ3v) is 6.49. The van der Waals surface area contributed by atoms with Crippen molar-refractivity contribution in [3.05, 3.63) is 78.0 Å². The van der Waals surface area contributed by atoms with Gasteiger partial charge in [-0.1, -0.05) is 0 Å². The molecular formula is C25H28N4O3. The normalized spacial score (nSPS) is 21.2. The van der Waals surface area contributed by atoms with Gasteiger partial charge in [-0.3, -0.25) is 9.69 Å². The maximum Gasteiger partial charge on any atom is 0.257 e. The molecule has 7 nitrogen and oxygen atoms in total. The molecule has 1 saturated heterocycles. The molecule has 2 atom stereocenters. The van der Waals surface area contributed by atoms with E-state index in [0.717, 1.165) is 42.2 Å². The number of rotatable bonds is 6. The molecule has 4 heterocycles. The van der Waals surface area contributed by atoms with Crippen LogP contribution < -0.4 is 4.74 Å². The molecule has 0 N–H and O–H groups in total. The van der Waals surface area contributed by atoms with Gasteiger partial charge in [0.1, 0.15) is 17.6 Å². The number of carbonyl (C=O) groups excluding carboxylic acids is 1. The molecule has 0 saturated carbocycles. The second-order valence-electron chi connectivity index (χ2n) is 8.42. The van der Waals surface area contributed by atoms with Gasteiger partial charge in [-0.05, 0) is 73.5 Å². The summed E-state index contributed by atoms with van der Waals surface area (Å²) in [5.74, 6) is 1.55. The Bertz CT molecular complexity index is 1100. The van der Waals surface area contributed by atoms with Crippen LogP contribution in [0.25, 0.3) is 0 Å². The number of aromatic nitrogens is 1. The third-order valence-electron chi connectivity index (χ3n) is 6.49. The van der Waals surface area contributed by atoms with Crippen molar-refractivity contribution >= 4 is 11.6 Å². The van der Waals surface area contributed by atoms with Gasteiger partial charge in [0.05, 0.1) is 31.7 Å². The van der Waals surface area contributed by atoms with Crippen molar-refractivity contribution in [3.8, 4) is 5.75 Å². The van der Waals surface area contributed by atoms with Gasteiger partial charge >= 0.3 is 0 Å². The number of benzene rings is 1. The first-order valence-electron chi connectivity index (χ1n) is 11.1. The lowest BCUT2D eigenvalue weighted by molar-refractivity contribution is -0.134. The van der Waals surface area contributed by atoms with Gasteiger partial charge in [0.25, 0.3) is 5.91 Å². The first-order valence-corrected chi connectivity index (χ1v) is 11.1. The van der Waals surface area contributed by atoms with E-state index in [2.05, 4.69) is 34.8 Å². The number of nitrogens with zero attached hydrogens (tertiary/aromatic N) is 4. The van der Waals surface area contributed by atoms with Crippen LogP contribution in [-0.4, -0.2) is 46.3 Å². The summed E-state index contributed by atoms with van der Waals surface area (Å²) in [5.41, 5.74) is 3.12. The Labute approximate surface area is 187 Å². The summed E-state index contributed by atoms with van der Waals surface area (Å²) in [5, 5.41) is 6.39. The van der Waals surface area contributed by atoms with E-state index in [4.69, 9.17) is 14.3 Å². The Morgan fingerprint density at radius 3 is 2.69 bits per heavy atom. The highest BCUT2D eigenvalue weighted by atomic mass is 16.5. The Hall–Kier alpha value is -3.32. The zero-order chi connectivity index (χ0) is 22.1. The molecule has 0 unspecified atom stereocenters. The van der Waals surface area contributed by atoms with Crippen LogP contribution in [0.15, 0.2) is 70.5 Å². The SMILES string of the molecule is COc1ccc(C2=NN(C(=O)CN3CCC[C@@H]3c3cccn3C)[C@H](c3ccco3)C2)cc1. The number of carbonyl (C=O) groups is 1. The standard InChI is InChI=1S/C25H28N4O3/c1-27-13-3-6-21(27)22-7-4-14-28(22)17-25(30)29-23(24-8-5-15-32-24)16-20(26-29)18-9-11-19(31-2)12-10-18/h3,5-6,8-13,15,22-23H,4,7,14,16-17H2,1-2H3/t22-,23+/m1/s1. The lowest BCUT2D eigenvalue weighted by Gasteiger charge is -2.27. The quantitative estimate of drug-likeness (QED) is 0.587. The monoisotopic (exact) mass is 432 g/mol. The molecule has 1 aromatic carbocycles. The molecule has 7 heteroatoms. The van der Waals surface area contributed by atoms with Crippen molar-refractivity contribution in [1.29, 1.82) is 0 Å². The number of amides is 1. The summed E-state index contributed by atoms with van der Waals surface area (Å²) in [6, 6.07) is 15.8. The van der Waals surface area contributed by atoms with Crippen LogP contribution in [0.2, 0.25) is 0 Å². The molecule has 0 radical (unpaired) electrons. The fourth-order valence-electron chi connectivity index (χ4n) is 4.82. The zero-order valence-corrected chi connectivity index (χ0v) is 18.5. The molecule has 2 aliphatic rings. The van der Waals surface area contributed by atoms with Gasteiger partial charge in [0.15, 0.2) is 0 Å². The molecule has 3 aromatic rings. The van der Waals surface area contributed by atoms with Crippen LogP contribution in [0, 0.1) is 0 Å². The molecule has 0 bridgehead atoms. The third kappa shape index (κ3) is 3.84. The van der Waals surface area contributed by atoms with Crippen molar-refractivity contribution in [2.24, 2.45) is 12.1 Å². The topological polar surface area (TPSA) is 63.2 Å².